The third-order valence-corrected chi connectivity index (χ3v) is 7.72. The van der Waals surface area contributed by atoms with Crippen LogP contribution in [0.25, 0.3) is 33.4 Å². The Bertz CT molecular complexity index is 1270. The predicted octanol–water partition coefficient (Wildman–Crippen LogP) is 9.19. The smallest absolute Gasteiger partial charge is 0.199 e. The van der Waals surface area contributed by atoms with E-state index in [2.05, 4.69) is 41.5 Å². The quantitative estimate of drug-likeness (QED) is 0.131. The second-order valence-corrected chi connectivity index (χ2v) is 12.5. The highest BCUT2D eigenvalue weighted by Crippen LogP contribution is 2.33. The van der Waals surface area contributed by atoms with E-state index >= 15 is 0 Å². The molecule has 0 aliphatic heterocycles. The lowest BCUT2D eigenvalue weighted by Crippen LogP contribution is -2.08. The maximum Gasteiger partial charge on any atom is 0.199 e. The summed E-state index contributed by atoms with van der Waals surface area (Å²) in [4.78, 5) is 19.0. The molecule has 0 saturated carbocycles. The van der Waals surface area contributed by atoms with Gasteiger partial charge in [-0.3, -0.25) is 0 Å². The first-order chi connectivity index (χ1) is 19.3. The maximum atomic E-state index is 6.35. The van der Waals surface area contributed by atoms with Crippen LogP contribution in [0.4, 0.5) is 0 Å². The summed E-state index contributed by atoms with van der Waals surface area (Å²) in [6, 6.07) is 11.7. The van der Waals surface area contributed by atoms with E-state index in [1.807, 2.05) is 36.4 Å². The fraction of sp³-hybridized carbons (Fsp3) is 0.588. The van der Waals surface area contributed by atoms with E-state index in [0.29, 0.717) is 36.3 Å². The third-order valence-electron chi connectivity index (χ3n) is 7.72. The summed E-state index contributed by atoms with van der Waals surface area (Å²) in [7, 11) is 0. The Morgan fingerprint density at radius 2 is 0.925 bits per heavy atom. The van der Waals surface area contributed by atoms with Crippen LogP contribution in [0, 0.1) is 23.7 Å². The highest BCUT2D eigenvalue weighted by atomic mass is 16.5. The van der Waals surface area contributed by atoms with Crippen LogP contribution >= 0.6 is 0 Å². The average Bonchev–Trinajstić information content (AvgIpc) is 2.90. The Morgan fingerprint density at radius 3 is 1.32 bits per heavy atom. The summed E-state index contributed by atoms with van der Waals surface area (Å²) in [5.74, 6) is 4.25. The molecule has 0 bridgehead atoms. The molecule has 2 heterocycles. The van der Waals surface area contributed by atoms with Crippen LogP contribution in [0.2, 0.25) is 0 Å². The molecule has 0 aliphatic rings. The Labute approximate surface area is 240 Å². The number of fused-ring (bicyclic) bond motifs is 3. The molecule has 0 saturated heterocycles. The average molecular weight is 545 g/mol. The number of rotatable bonds is 16. The van der Waals surface area contributed by atoms with Crippen molar-refractivity contribution in [1.29, 1.82) is 0 Å². The first-order valence-electron chi connectivity index (χ1n) is 15.4. The van der Waals surface area contributed by atoms with E-state index < -0.39 is 0 Å². The van der Waals surface area contributed by atoms with Gasteiger partial charge in [-0.2, -0.15) is 0 Å². The van der Waals surface area contributed by atoms with Crippen LogP contribution < -0.4 is 9.47 Å². The number of hydrogen-bond donors (Lipinski definition) is 0. The van der Waals surface area contributed by atoms with Crippen LogP contribution in [0.1, 0.15) is 92.9 Å². The third kappa shape index (κ3) is 8.74. The lowest BCUT2D eigenvalue weighted by atomic mass is 9.97. The molecule has 2 atom stereocenters. The molecule has 0 aliphatic carbocycles. The first kappa shape index (κ1) is 30.0. The highest BCUT2D eigenvalue weighted by Gasteiger charge is 2.14. The minimum atomic E-state index is 0.541. The van der Waals surface area contributed by atoms with Crippen molar-refractivity contribution in [2.45, 2.75) is 92.9 Å². The number of para-hydroxylation sites is 2. The molecule has 4 aromatic rings. The largest absolute Gasteiger partial charge is 0.490 e. The van der Waals surface area contributed by atoms with Crippen molar-refractivity contribution in [3.8, 4) is 11.5 Å². The van der Waals surface area contributed by atoms with Gasteiger partial charge in [0.15, 0.2) is 22.8 Å². The second-order valence-electron chi connectivity index (χ2n) is 12.5. The molecule has 2 unspecified atom stereocenters. The van der Waals surface area contributed by atoms with Gasteiger partial charge in [-0.05, 0) is 48.6 Å². The molecule has 4 rings (SSSR count). The van der Waals surface area contributed by atoms with Gasteiger partial charge in [0.1, 0.15) is 0 Å². The fourth-order valence-electron chi connectivity index (χ4n) is 5.08. The van der Waals surface area contributed by atoms with Crippen molar-refractivity contribution >= 4 is 33.4 Å². The van der Waals surface area contributed by atoms with Crippen molar-refractivity contribution in [2.75, 3.05) is 13.2 Å². The maximum absolute atomic E-state index is 6.35. The summed E-state index contributed by atoms with van der Waals surface area (Å²) < 4.78 is 12.7. The normalized spacial score (nSPS) is 13.5. The van der Waals surface area contributed by atoms with Crippen LogP contribution in [-0.2, 0) is 0 Å². The molecule has 0 spiro atoms. The molecule has 2 aromatic carbocycles. The summed E-state index contributed by atoms with van der Waals surface area (Å²) in [6.07, 6.45) is 9.63. The zero-order chi connectivity index (χ0) is 28.5. The minimum Gasteiger partial charge on any atom is -0.490 e. The SMILES string of the molecule is CC(C)CCCC(C)CCOc1cc2nc3nc4ccccc4nc3nc2cc1OCCC(C)CCCC(C)C. The first-order valence-corrected chi connectivity index (χ1v) is 15.4. The Morgan fingerprint density at radius 1 is 0.525 bits per heavy atom. The summed E-state index contributed by atoms with van der Waals surface area (Å²) in [5.41, 5.74) is 4.20. The number of hydrogen-bond acceptors (Lipinski definition) is 6. The van der Waals surface area contributed by atoms with Gasteiger partial charge in [0.2, 0.25) is 0 Å². The summed E-state index contributed by atoms with van der Waals surface area (Å²) in [6.45, 7) is 15.1. The van der Waals surface area contributed by atoms with Crippen LogP contribution in [0.15, 0.2) is 36.4 Å². The minimum absolute atomic E-state index is 0.541. The monoisotopic (exact) mass is 544 g/mol. The molecular weight excluding hydrogens is 496 g/mol. The molecule has 6 heteroatoms. The van der Waals surface area contributed by atoms with Gasteiger partial charge in [-0.15, -0.1) is 0 Å². The lowest BCUT2D eigenvalue weighted by molar-refractivity contribution is 0.237. The van der Waals surface area contributed by atoms with Gasteiger partial charge in [0.05, 0.1) is 35.3 Å². The van der Waals surface area contributed by atoms with Gasteiger partial charge >= 0.3 is 0 Å². The number of aromatic nitrogens is 4. The zero-order valence-electron chi connectivity index (χ0n) is 25.4. The van der Waals surface area contributed by atoms with Gasteiger partial charge < -0.3 is 9.47 Å². The topological polar surface area (TPSA) is 70.0 Å². The van der Waals surface area contributed by atoms with Gasteiger partial charge in [-0.1, -0.05) is 92.2 Å². The van der Waals surface area contributed by atoms with E-state index in [4.69, 9.17) is 29.4 Å². The van der Waals surface area contributed by atoms with Crippen molar-refractivity contribution in [2.24, 2.45) is 23.7 Å². The van der Waals surface area contributed by atoms with Crippen molar-refractivity contribution in [3.63, 3.8) is 0 Å². The van der Waals surface area contributed by atoms with Crippen molar-refractivity contribution in [3.05, 3.63) is 36.4 Å². The number of benzene rings is 2. The van der Waals surface area contributed by atoms with E-state index in [0.717, 1.165) is 58.2 Å². The molecule has 6 nitrogen and oxygen atoms in total. The van der Waals surface area contributed by atoms with Crippen LogP contribution in [-0.4, -0.2) is 33.1 Å². The molecule has 2 aromatic heterocycles. The molecule has 0 N–H and O–H groups in total. The van der Waals surface area contributed by atoms with Crippen LogP contribution in [0.3, 0.4) is 0 Å². The van der Waals surface area contributed by atoms with Gasteiger partial charge in [-0.25, -0.2) is 19.9 Å². The van der Waals surface area contributed by atoms with E-state index in [1.165, 1.54) is 38.5 Å². The number of nitrogens with zero attached hydrogens (tertiary/aromatic N) is 4. The highest BCUT2D eigenvalue weighted by molar-refractivity contribution is 5.89. The Hall–Kier alpha value is -3.02. The Kier molecular flexibility index (Phi) is 10.9. The Balaban J connectivity index is 1.50. The van der Waals surface area contributed by atoms with E-state index in [9.17, 15) is 0 Å². The molecule has 40 heavy (non-hydrogen) atoms. The molecule has 0 fully saturated rings. The second kappa shape index (κ2) is 14.6. The predicted molar refractivity (Wildman–Crippen MR) is 166 cm³/mol. The van der Waals surface area contributed by atoms with Crippen LogP contribution in [0.5, 0.6) is 11.5 Å². The fourth-order valence-corrected chi connectivity index (χ4v) is 5.08. The number of ether oxygens (including phenoxy) is 2. The molecule has 0 radical (unpaired) electrons. The van der Waals surface area contributed by atoms with Gasteiger partial charge in [0, 0.05) is 12.1 Å². The molecule has 0 amide bonds. The standard InChI is InChI=1S/C34H48N4O2/c1-23(2)11-9-13-25(5)17-19-39-31-21-29-30(22-32(31)40-20-18-26(6)14-10-12-24(3)4)38-34-33(37-29)35-27-15-7-8-16-28(27)36-34/h7-8,15-16,21-26H,9-14,17-20H2,1-6H3. The molecule has 216 valence electrons. The molecular formula is C34H48N4O2. The lowest BCUT2D eigenvalue weighted by Gasteiger charge is -2.17. The zero-order valence-corrected chi connectivity index (χ0v) is 25.4. The van der Waals surface area contributed by atoms with E-state index in [1.54, 1.807) is 0 Å². The van der Waals surface area contributed by atoms with Crippen molar-refractivity contribution in [1.82, 2.24) is 19.9 Å². The summed E-state index contributed by atoms with van der Waals surface area (Å²) in [5, 5.41) is 0. The summed E-state index contributed by atoms with van der Waals surface area (Å²) >= 11 is 0. The van der Waals surface area contributed by atoms with Gasteiger partial charge in [0.25, 0.3) is 0 Å². The van der Waals surface area contributed by atoms with E-state index in [-0.39, 0.29) is 0 Å². The van der Waals surface area contributed by atoms with Crippen molar-refractivity contribution < 1.29 is 9.47 Å².